The summed E-state index contributed by atoms with van der Waals surface area (Å²) in [6.07, 6.45) is 5.21. The Kier molecular flexibility index (Phi) is 4.94. The lowest BCUT2D eigenvalue weighted by atomic mass is 9.54. The number of allylic oxidation sites excluding steroid dienone is 1. The quantitative estimate of drug-likeness (QED) is 0.721. The Morgan fingerprint density at radius 1 is 1.10 bits per heavy atom. The molecule has 3 aliphatic rings. The number of rotatable bonds is 3. The SMILES string of the molecule is Cc1ccc(S(=O)(=O)N/N=C2/CC(C)CC3=C2C2(O)CC(C)CC(C)(C3)C2)cc1. The molecule has 3 aliphatic carbocycles. The number of nitrogens with zero attached hydrogens (tertiary/aromatic N) is 1. The van der Waals surface area contributed by atoms with Gasteiger partial charge in [0.25, 0.3) is 10.0 Å². The van der Waals surface area contributed by atoms with Gasteiger partial charge in [0.15, 0.2) is 0 Å². The van der Waals surface area contributed by atoms with E-state index in [0.717, 1.165) is 43.2 Å². The molecule has 0 radical (unpaired) electrons. The fourth-order valence-corrected chi connectivity index (χ4v) is 6.99. The van der Waals surface area contributed by atoms with Gasteiger partial charge in [0.2, 0.25) is 0 Å². The molecule has 1 aromatic rings. The smallest absolute Gasteiger partial charge is 0.276 e. The molecular formula is C23H32N2O3S. The molecule has 0 aromatic heterocycles. The van der Waals surface area contributed by atoms with Crippen LogP contribution in [-0.4, -0.2) is 24.8 Å². The van der Waals surface area contributed by atoms with Crippen LogP contribution in [0.3, 0.4) is 0 Å². The maximum Gasteiger partial charge on any atom is 0.276 e. The van der Waals surface area contributed by atoms with Gasteiger partial charge in [-0.2, -0.15) is 18.4 Å². The number of aliphatic hydroxyl groups is 1. The summed E-state index contributed by atoms with van der Waals surface area (Å²) in [7, 11) is -3.74. The van der Waals surface area contributed by atoms with Crippen molar-refractivity contribution in [3.05, 3.63) is 41.0 Å². The third kappa shape index (κ3) is 3.89. The van der Waals surface area contributed by atoms with Crippen molar-refractivity contribution in [2.45, 2.75) is 76.7 Å². The van der Waals surface area contributed by atoms with E-state index in [1.807, 2.05) is 6.92 Å². The lowest BCUT2D eigenvalue weighted by Crippen LogP contribution is -2.51. The summed E-state index contributed by atoms with van der Waals surface area (Å²) < 4.78 is 25.5. The zero-order valence-electron chi connectivity index (χ0n) is 17.8. The molecule has 158 valence electrons. The molecule has 1 aromatic carbocycles. The Morgan fingerprint density at radius 3 is 2.48 bits per heavy atom. The molecule has 29 heavy (non-hydrogen) atoms. The second-order valence-electron chi connectivity index (χ2n) is 10.2. The van der Waals surface area contributed by atoms with Crippen molar-refractivity contribution in [2.75, 3.05) is 0 Å². The molecule has 0 heterocycles. The predicted octanol–water partition coefficient (Wildman–Crippen LogP) is 4.32. The van der Waals surface area contributed by atoms with E-state index < -0.39 is 15.6 Å². The Morgan fingerprint density at radius 2 is 1.79 bits per heavy atom. The summed E-state index contributed by atoms with van der Waals surface area (Å²) in [6.45, 7) is 8.58. The lowest BCUT2D eigenvalue weighted by Gasteiger charge is -2.54. The molecule has 2 N–H and O–H groups in total. The monoisotopic (exact) mass is 416 g/mol. The van der Waals surface area contributed by atoms with Gasteiger partial charge < -0.3 is 5.11 Å². The Hall–Kier alpha value is -1.66. The van der Waals surface area contributed by atoms with E-state index in [1.54, 1.807) is 24.3 Å². The minimum Gasteiger partial charge on any atom is -0.385 e. The van der Waals surface area contributed by atoms with Crippen molar-refractivity contribution in [3.63, 3.8) is 0 Å². The van der Waals surface area contributed by atoms with E-state index in [4.69, 9.17) is 0 Å². The highest BCUT2D eigenvalue weighted by molar-refractivity contribution is 7.89. The Labute approximate surface area is 174 Å². The number of hydrogen-bond donors (Lipinski definition) is 2. The highest BCUT2D eigenvalue weighted by Crippen LogP contribution is 2.57. The van der Waals surface area contributed by atoms with Crippen LogP contribution in [0.4, 0.5) is 0 Å². The number of fused-ring (bicyclic) bond motifs is 3. The van der Waals surface area contributed by atoms with Crippen LogP contribution < -0.4 is 4.83 Å². The Balaban J connectivity index is 1.70. The number of aryl methyl sites for hydroxylation is 1. The molecule has 4 atom stereocenters. The van der Waals surface area contributed by atoms with Crippen molar-refractivity contribution in [1.82, 2.24) is 4.83 Å². The first-order valence-electron chi connectivity index (χ1n) is 10.6. The average molecular weight is 417 g/mol. The number of nitrogens with one attached hydrogen (secondary N) is 1. The van der Waals surface area contributed by atoms with Crippen molar-refractivity contribution in [3.8, 4) is 0 Å². The molecule has 0 amide bonds. The first-order chi connectivity index (χ1) is 13.5. The van der Waals surface area contributed by atoms with Crippen LogP contribution in [0.15, 0.2) is 45.4 Å². The zero-order chi connectivity index (χ0) is 21.0. The summed E-state index contributed by atoms with van der Waals surface area (Å²) in [4.78, 5) is 2.65. The van der Waals surface area contributed by atoms with Gasteiger partial charge in [-0.25, -0.2) is 0 Å². The molecule has 4 unspecified atom stereocenters. The minimum atomic E-state index is -3.74. The number of hydrazone groups is 1. The molecule has 2 bridgehead atoms. The highest BCUT2D eigenvalue weighted by atomic mass is 32.2. The van der Waals surface area contributed by atoms with Gasteiger partial charge in [-0.1, -0.05) is 44.0 Å². The van der Waals surface area contributed by atoms with Gasteiger partial charge >= 0.3 is 0 Å². The summed E-state index contributed by atoms with van der Waals surface area (Å²) in [5, 5.41) is 16.0. The summed E-state index contributed by atoms with van der Waals surface area (Å²) in [6, 6.07) is 6.74. The average Bonchev–Trinajstić information content (AvgIpc) is 2.57. The third-order valence-electron chi connectivity index (χ3n) is 6.76. The van der Waals surface area contributed by atoms with Crippen LogP contribution in [0.2, 0.25) is 0 Å². The molecule has 5 nitrogen and oxygen atoms in total. The fraction of sp³-hybridized carbons (Fsp3) is 0.609. The van der Waals surface area contributed by atoms with Gasteiger partial charge in [0.05, 0.1) is 16.2 Å². The largest absolute Gasteiger partial charge is 0.385 e. The standard InChI is InChI=1S/C23H32N2O3S/c1-15-5-7-19(8-6-15)29(27,28)25-24-20-10-16(2)9-18-13-22(4)11-17(3)12-23(26,14-22)21(18)20/h5-8,16-17,25-26H,9-14H2,1-4H3/b24-20-. The van der Waals surface area contributed by atoms with Crippen LogP contribution in [0, 0.1) is 24.2 Å². The molecule has 1 fully saturated rings. The number of hydrogen-bond acceptors (Lipinski definition) is 4. The topological polar surface area (TPSA) is 78.8 Å². The van der Waals surface area contributed by atoms with E-state index in [-0.39, 0.29) is 10.3 Å². The first kappa shape index (κ1) is 20.6. The van der Waals surface area contributed by atoms with Gasteiger partial charge in [-0.3, -0.25) is 0 Å². The second kappa shape index (κ2) is 6.95. The van der Waals surface area contributed by atoms with E-state index in [1.165, 1.54) is 5.57 Å². The van der Waals surface area contributed by atoms with Crippen molar-refractivity contribution >= 4 is 15.7 Å². The van der Waals surface area contributed by atoms with E-state index in [9.17, 15) is 13.5 Å². The molecule has 1 saturated carbocycles. The molecule has 6 heteroatoms. The van der Waals surface area contributed by atoms with Crippen molar-refractivity contribution < 1.29 is 13.5 Å². The van der Waals surface area contributed by atoms with Gasteiger partial charge in [0, 0.05) is 5.57 Å². The lowest BCUT2D eigenvalue weighted by molar-refractivity contribution is -0.0449. The van der Waals surface area contributed by atoms with Gasteiger partial charge in [0.1, 0.15) is 0 Å². The third-order valence-corrected chi connectivity index (χ3v) is 7.99. The minimum absolute atomic E-state index is 0.120. The van der Waals surface area contributed by atoms with E-state index in [0.29, 0.717) is 24.0 Å². The highest BCUT2D eigenvalue weighted by Gasteiger charge is 2.52. The van der Waals surface area contributed by atoms with Gasteiger partial charge in [-0.05, 0) is 74.8 Å². The zero-order valence-corrected chi connectivity index (χ0v) is 18.6. The maximum absolute atomic E-state index is 12.7. The summed E-state index contributed by atoms with van der Waals surface area (Å²) >= 11 is 0. The first-order valence-corrected chi connectivity index (χ1v) is 12.1. The molecule has 4 rings (SSSR count). The number of sulfonamides is 1. The normalized spacial score (nSPS) is 36.1. The summed E-state index contributed by atoms with van der Waals surface area (Å²) in [5.41, 5.74) is 3.15. The second-order valence-corrected chi connectivity index (χ2v) is 11.8. The van der Waals surface area contributed by atoms with Gasteiger partial charge in [-0.15, -0.1) is 0 Å². The van der Waals surface area contributed by atoms with Crippen molar-refractivity contribution in [1.29, 1.82) is 0 Å². The molecule has 0 spiro atoms. The molecule has 0 saturated heterocycles. The number of benzene rings is 1. The fourth-order valence-electron chi connectivity index (χ4n) is 6.16. The van der Waals surface area contributed by atoms with Crippen LogP contribution in [0.1, 0.15) is 64.9 Å². The maximum atomic E-state index is 12.7. The Bertz CT molecular complexity index is 980. The predicted molar refractivity (Wildman–Crippen MR) is 115 cm³/mol. The van der Waals surface area contributed by atoms with Crippen molar-refractivity contribution in [2.24, 2.45) is 22.4 Å². The van der Waals surface area contributed by atoms with E-state index >= 15 is 0 Å². The van der Waals surface area contributed by atoms with Crippen LogP contribution in [0.5, 0.6) is 0 Å². The molecular weight excluding hydrogens is 384 g/mol. The molecule has 0 aliphatic heterocycles. The van der Waals surface area contributed by atoms with Crippen LogP contribution in [-0.2, 0) is 10.0 Å². The van der Waals surface area contributed by atoms with Crippen LogP contribution in [0.25, 0.3) is 0 Å². The summed E-state index contributed by atoms with van der Waals surface area (Å²) in [5.74, 6) is 0.831. The van der Waals surface area contributed by atoms with Crippen LogP contribution >= 0.6 is 0 Å². The van der Waals surface area contributed by atoms with E-state index in [2.05, 4.69) is 30.7 Å².